The molecule has 0 atom stereocenters. The Kier molecular flexibility index (Phi) is 5.35. The van der Waals surface area contributed by atoms with Gasteiger partial charge < -0.3 is 0 Å². The van der Waals surface area contributed by atoms with Crippen molar-refractivity contribution >= 4 is 50.1 Å². The number of carbonyl (C=O) groups is 2. The van der Waals surface area contributed by atoms with Gasteiger partial charge in [-0.2, -0.15) is 9.97 Å². The topological polar surface area (TPSA) is 76.1 Å². The van der Waals surface area contributed by atoms with Gasteiger partial charge in [0.05, 0.1) is 10.8 Å². The Morgan fingerprint density at radius 2 is 0.927 bits per heavy atom. The summed E-state index contributed by atoms with van der Waals surface area (Å²) in [4.78, 5) is 42.6. The molecule has 0 N–H and O–H groups in total. The van der Waals surface area contributed by atoms with Crippen LogP contribution in [0, 0.1) is 10.8 Å². The molecule has 0 saturated carbocycles. The highest BCUT2D eigenvalue weighted by molar-refractivity contribution is 6.26. The number of hydrogen-bond donors (Lipinski definition) is 0. The number of hydrogen-bond acceptors (Lipinski definition) is 5. The van der Waals surface area contributed by atoms with Crippen LogP contribution in [0.1, 0.15) is 27.7 Å². The lowest BCUT2D eigenvalue weighted by atomic mass is 9.70. The molecule has 0 bridgehead atoms. The van der Waals surface area contributed by atoms with Gasteiger partial charge in [0.1, 0.15) is 0 Å². The minimum absolute atomic E-state index is 0.0472. The van der Waals surface area contributed by atoms with Gasteiger partial charge in [0.25, 0.3) is 0 Å². The summed E-state index contributed by atoms with van der Waals surface area (Å²) in [5.41, 5.74) is -0.275. The van der Waals surface area contributed by atoms with E-state index in [0.29, 0.717) is 11.6 Å². The molecule has 1 aliphatic heterocycles. The highest BCUT2D eigenvalue weighted by atomic mass is 16.2. The summed E-state index contributed by atoms with van der Waals surface area (Å²) < 4.78 is 0. The molecule has 0 spiro atoms. The van der Waals surface area contributed by atoms with Gasteiger partial charge in [0, 0.05) is 11.1 Å². The fourth-order valence-corrected chi connectivity index (χ4v) is 5.72. The quantitative estimate of drug-likeness (QED) is 0.172. The maximum absolute atomic E-state index is 13.6. The van der Waals surface area contributed by atoms with E-state index in [1.165, 1.54) is 16.2 Å². The van der Waals surface area contributed by atoms with Crippen LogP contribution in [0.2, 0.25) is 0 Å². The van der Waals surface area contributed by atoms with Crippen molar-refractivity contribution in [3.63, 3.8) is 0 Å². The van der Waals surface area contributed by atoms with Gasteiger partial charge in [-0.15, -0.1) is 0 Å². The van der Waals surface area contributed by atoms with Gasteiger partial charge >= 0.3 is 0 Å². The standard InChI is InChI=1S/C35H28N4O2/c1-34(2)31(40)39(32(41)35(34,3)4)33-37-29(21-12-6-5-7-13-21)36-30(38-33)22-18-19-27-25-16-9-8-14-23(25)24-15-10-11-17-26(24)28(27)20-22/h5-20H,1-4H3. The molecule has 6 nitrogen and oxygen atoms in total. The SMILES string of the molecule is CC1(C)C(=O)N(c2nc(-c3ccccc3)nc(-c3ccc4c5ccccc5c5ccccc5c4c3)n2)C(=O)C1(C)C. The highest BCUT2D eigenvalue weighted by Crippen LogP contribution is 2.48. The lowest BCUT2D eigenvalue weighted by Gasteiger charge is -2.28. The summed E-state index contributed by atoms with van der Waals surface area (Å²) in [6, 6.07) is 32.6. The zero-order valence-electron chi connectivity index (χ0n) is 23.3. The van der Waals surface area contributed by atoms with Crippen molar-refractivity contribution < 1.29 is 9.59 Å². The molecule has 7 rings (SSSR count). The van der Waals surface area contributed by atoms with Gasteiger partial charge in [-0.1, -0.05) is 91.0 Å². The van der Waals surface area contributed by atoms with E-state index in [1.54, 1.807) is 27.7 Å². The van der Waals surface area contributed by atoms with Gasteiger partial charge in [-0.25, -0.2) is 9.88 Å². The smallest absolute Gasteiger partial charge is 0.243 e. The summed E-state index contributed by atoms with van der Waals surface area (Å²) >= 11 is 0. The van der Waals surface area contributed by atoms with Crippen LogP contribution in [-0.2, 0) is 9.59 Å². The van der Waals surface area contributed by atoms with E-state index in [9.17, 15) is 9.59 Å². The molecule has 1 aliphatic rings. The van der Waals surface area contributed by atoms with Crippen molar-refractivity contribution in [3.8, 4) is 22.8 Å². The Bertz CT molecular complexity index is 1990. The van der Waals surface area contributed by atoms with Crippen molar-refractivity contribution in [2.75, 3.05) is 4.90 Å². The summed E-state index contributed by atoms with van der Waals surface area (Å²) in [7, 11) is 0. The summed E-state index contributed by atoms with van der Waals surface area (Å²) in [5.74, 6) is 0.207. The van der Waals surface area contributed by atoms with E-state index in [2.05, 4.69) is 59.6 Å². The van der Waals surface area contributed by atoms with E-state index in [1.807, 2.05) is 42.5 Å². The Morgan fingerprint density at radius 3 is 1.46 bits per heavy atom. The monoisotopic (exact) mass is 536 g/mol. The third-order valence-corrected chi connectivity index (χ3v) is 8.90. The summed E-state index contributed by atoms with van der Waals surface area (Å²) in [6.07, 6.45) is 0. The van der Waals surface area contributed by atoms with Gasteiger partial charge in [0.15, 0.2) is 11.6 Å². The van der Waals surface area contributed by atoms with Crippen molar-refractivity contribution in [2.24, 2.45) is 10.8 Å². The molecular formula is C35H28N4O2. The third-order valence-electron chi connectivity index (χ3n) is 8.90. The summed E-state index contributed by atoms with van der Waals surface area (Å²) in [5, 5.41) is 6.89. The van der Waals surface area contributed by atoms with Crippen LogP contribution >= 0.6 is 0 Å². The molecule has 1 aromatic heterocycles. The Balaban J connectivity index is 1.49. The first-order valence-electron chi connectivity index (χ1n) is 13.7. The minimum Gasteiger partial charge on any atom is -0.273 e. The number of aromatic nitrogens is 3. The number of carbonyl (C=O) groups excluding carboxylic acids is 2. The van der Waals surface area contributed by atoms with Crippen molar-refractivity contribution in [3.05, 3.63) is 97.1 Å². The maximum atomic E-state index is 13.6. The molecule has 1 fully saturated rings. The average molecular weight is 537 g/mol. The van der Waals surface area contributed by atoms with Crippen LogP contribution < -0.4 is 4.90 Å². The number of fused-ring (bicyclic) bond motifs is 6. The lowest BCUT2D eigenvalue weighted by Crippen LogP contribution is -2.35. The molecular weight excluding hydrogens is 508 g/mol. The fourth-order valence-electron chi connectivity index (χ4n) is 5.72. The first-order valence-corrected chi connectivity index (χ1v) is 13.7. The second-order valence-corrected chi connectivity index (χ2v) is 11.7. The average Bonchev–Trinajstić information content (AvgIpc) is 3.12. The molecule has 2 amide bonds. The molecule has 0 aliphatic carbocycles. The van der Waals surface area contributed by atoms with E-state index >= 15 is 0 Å². The van der Waals surface area contributed by atoms with Gasteiger partial charge in [-0.05, 0) is 66.1 Å². The van der Waals surface area contributed by atoms with Crippen molar-refractivity contribution in [2.45, 2.75) is 27.7 Å². The van der Waals surface area contributed by atoms with Crippen LogP contribution in [0.25, 0.3) is 55.1 Å². The number of imide groups is 1. The number of nitrogens with zero attached hydrogens (tertiary/aromatic N) is 4. The number of benzene rings is 5. The van der Waals surface area contributed by atoms with E-state index in [0.717, 1.165) is 32.2 Å². The van der Waals surface area contributed by atoms with Crippen LogP contribution in [-0.4, -0.2) is 26.8 Å². The van der Waals surface area contributed by atoms with Crippen molar-refractivity contribution in [1.29, 1.82) is 0 Å². The molecule has 6 aromatic rings. The fraction of sp³-hybridized carbons (Fsp3) is 0.171. The van der Waals surface area contributed by atoms with Crippen molar-refractivity contribution in [1.82, 2.24) is 15.0 Å². The molecule has 0 radical (unpaired) electrons. The second kappa shape index (κ2) is 8.77. The van der Waals surface area contributed by atoms with Gasteiger partial charge in [-0.3, -0.25) is 9.59 Å². The first-order chi connectivity index (χ1) is 19.7. The molecule has 5 aromatic carbocycles. The predicted octanol–water partition coefficient (Wildman–Crippen LogP) is 7.59. The van der Waals surface area contributed by atoms with E-state index < -0.39 is 10.8 Å². The normalized spacial score (nSPS) is 16.2. The largest absolute Gasteiger partial charge is 0.273 e. The number of rotatable bonds is 3. The van der Waals surface area contributed by atoms with E-state index in [-0.39, 0.29) is 17.8 Å². The maximum Gasteiger partial charge on any atom is 0.243 e. The van der Waals surface area contributed by atoms with Crippen LogP contribution in [0.4, 0.5) is 5.95 Å². The Hall–Kier alpha value is -4.97. The van der Waals surface area contributed by atoms with E-state index in [4.69, 9.17) is 9.97 Å². The predicted molar refractivity (Wildman–Crippen MR) is 163 cm³/mol. The first kappa shape index (κ1) is 25.0. The van der Waals surface area contributed by atoms with Crippen LogP contribution in [0.5, 0.6) is 0 Å². The third kappa shape index (κ3) is 3.60. The molecule has 1 saturated heterocycles. The number of amides is 2. The Labute approximate surface area is 237 Å². The number of anilines is 1. The minimum atomic E-state index is -0.910. The lowest BCUT2D eigenvalue weighted by molar-refractivity contribution is -0.129. The molecule has 2 heterocycles. The highest BCUT2D eigenvalue weighted by Gasteiger charge is 2.60. The Morgan fingerprint density at radius 1 is 0.488 bits per heavy atom. The zero-order chi connectivity index (χ0) is 28.5. The molecule has 6 heteroatoms. The molecule has 41 heavy (non-hydrogen) atoms. The molecule has 0 unspecified atom stereocenters. The van der Waals surface area contributed by atoms with Crippen LogP contribution in [0.3, 0.4) is 0 Å². The van der Waals surface area contributed by atoms with Gasteiger partial charge in [0.2, 0.25) is 17.8 Å². The molecule has 200 valence electrons. The second-order valence-electron chi connectivity index (χ2n) is 11.7. The summed E-state index contributed by atoms with van der Waals surface area (Å²) in [6.45, 7) is 7.19. The zero-order valence-corrected chi connectivity index (χ0v) is 23.3. The van der Waals surface area contributed by atoms with Crippen LogP contribution in [0.15, 0.2) is 97.1 Å².